The van der Waals surface area contributed by atoms with E-state index in [1.165, 1.54) is 11.0 Å². The van der Waals surface area contributed by atoms with Crippen molar-refractivity contribution in [3.05, 3.63) is 63.1 Å². The number of hydrogen-bond donors (Lipinski definition) is 1. The van der Waals surface area contributed by atoms with Crippen LogP contribution in [-0.4, -0.2) is 55.2 Å². The van der Waals surface area contributed by atoms with Gasteiger partial charge in [-0.1, -0.05) is 41.4 Å². The number of nitrogens with zero attached hydrogens (tertiary/aromatic N) is 1. The predicted molar refractivity (Wildman–Crippen MR) is 148 cm³/mol. The molecular formula is C29H26Cl2F7NO5S. The van der Waals surface area contributed by atoms with Crippen molar-refractivity contribution in [3.63, 3.8) is 0 Å². The van der Waals surface area contributed by atoms with Crippen LogP contribution in [0.4, 0.5) is 30.7 Å². The molecule has 16 heteroatoms. The van der Waals surface area contributed by atoms with Gasteiger partial charge in [-0.3, -0.25) is 9.59 Å². The van der Waals surface area contributed by atoms with Crippen LogP contribution in [-0.2, 0) is 36.3 Å². The van der Waals surface area contributed by atoms with Gasteiger partial charge in [-0.15, -0.1) is 0 Å². The Kier molecular flexibility index (Phi) is 8.47. The largest absolute Gasteiger partial charge is 0.481 e. The number of hydrogen-bond acceptors (Lipinski definition) is 4. The number of aryl methyl sites for hydroxylation is 1. The molecule has 0 bridgehead atoms. The van der Waals surface area contributed by atoms with Crippen LogP contribution in [0.25, 0.3) is 0 Å². The number of benzene rings is 2. The summed E-state index contributed by atoms with van der Waals surface area (Å²) in [7, 11) is -4.59. The molecule has 0 radical (unpaired) electrons. The van der Waals surface area contributed by atoms with E-state index in [4.69, 9.17) is 23.2 Å². The summed E-state index contributed by atoms with van der Waals surface area (Å²) >= 11 is 12.1. The van der Waals surface area contributed by atoms with Crippen LogP contribution < -0.4 is 0 Å². The van der Waals surface area contributed by atoms with Gasteiger partial charge < -0.3 is 10.0 Å². The molecule has 3 aliphatic rings. The van der Waals surface area contributed by atoms with E-state index < -0.39 is 67.9 Å². The van der Waals surface area contributed by atoms with E-state index >= 15 is 4.39 Å². The van der Waals surface area contributed by atoms with E-state index in [1.807, 2.05) is 0 Å². The summed E-state index contributed by atoms with van der Waals surface area (Å²) < 4.78 is 124. The lowest BCUT2D eigenvalue weighted by Gasteiger charge is -2.44. The first-order chi connectivity index (χ1) is 20.8. The van der Waals surface area contributed by atoms with Gasteiger partial charge in [0.05, 0.1) is 26.9 Å². The van der Waals surface area contributed by atoms with E-state index in [2.05, 4.69) is 0 Å². The maximum atomic E-state index is 15.0. The molecule has 1 N–H and O–H groups in total. The maximum absolute atomic E-state index is 15.0. The molecule has 0 spiro atoms. The molecule has 0 aromatic heterocycles. The molecule has 5 rings (SSSR count). The summed E-state index contributed by atoms with van der Waals surface area (Å²) in [6, 6.07) is 3.87. The second kappa shape index (κ2) is 11.3. The fourth-order valence-corrected chi connectivity index (χ4v) is 9.93. The standard InChI is InChI=1S/C29H26Cl2F7NO5S/c30-21-9-7-19(14-22(21)31)45(43,44)26-11-12-39(24(40)15-1-3-16(4-2-15)25(41)42)23(26)10-5-17-13-18(6-8-20(17)26)27(32,28(33,34)35)29(36,37)38/h6-9,13-16,23H,1-5,10-12H2,(H,41,42). The Balaban J connectivity index is 1.64. The lowest BCUT2D eigenvalue weighted by Crippen LogP contribution is -2.53. The summed E-state index contributed by atoms with van der Waals surface area (Å²) in [5.41, 5.74) is -7.80. The van der Waals surface area contributed by atoms with E-state index in [0.29, 0.717) is 12.1 Å². The summed E-state index contributed by atoms with van der Waals surface area (Å²) in [5, 5.41) is 9.22. The van der Waals surface area contributed by atoms with Crippen molar-refractivity contribution in [2.75, 3.05) is 6.54 Å². The van der Waals surface area contributed by atoms with Crippen molar-refractivity contribution in [2.45, 2.75) is 78.7 Å². The van der Waals surface area contributed by atoms with Gasteiger partial charge in [0, 0.05) is 18.0 Å². The van der Waals surface area contributed by atoms with Crippen LogP contribution in [0, 0.1) is 11.8 Å². The fraction of sp³-hybridized carbons (Fsp3) is 0.517. The second-order valence-electron chi connectivity index (χ2n) is 11.7. The molecular weight excluding hydrogens is 678 g/mol. The predicted octanol–water partition coefficient (Wildman–Crippen LogP) is 7.39. The van der Waals surface area contributed by atoms with Gasteiger partial charge in [0.25, 0.3) is 0 Å². The number of amides is 1. The molecule has 1 heterocycles. The van der Waals surface area contributed by atoms with E-state index in [0.717, 1.165) is 18.2 Å². The Morgan fingerprint density at radius 2 is 1.44 bits per heavy atom. The third-order valence-electron chi connectivity index (χ3n) is 9.46. The molecule has 246 valence electrons. The number of sulfone groups is 1. The molecule has 45 heavy (non-hydrogen) atoms. The molecule has 2 aliphatic carbocycles. The first kappa shape index (κ1) is 33.8. The highest BCUT2D eigenvalue weighted by atomic mass is 35.5. The second-order valence-corrected chi connectivity index (χ2v) is 14.7. The third kappa shape index (κ3) is 5.18. The zero-order valence-corrected chi connectivity index (χ0v) is 25.5. The zero-order valence-electron chi connectivity index (χ0n) is 23.2. The first-order valence-corrected chi connectivity index (χ1v) is 16.2. The van der Waals surface area contributed by atoms with Gasteiger partial charge >= 0.3 is 24.0 Å². The molecule has 2 fully saturated rings. The number of carboxylic acids is 1. The Labute approximate surface area is 263 Å². The summed E-state index contributed by atoms with van der Waals surface area (Å²) in [5.74, 6) is -2.61. The van der Waals surface area contributed by atoms with Gasteiger partial charge in [-0.2, -0.15) is 26.3 Å². The van der Waals surface area contributed by atoms with Crippen LogP contribution in [0.2, 0.25) is 10.0 Å². The minimum absolute atomic E-state index is 0.0251. The molecule has 6 nitrogen and oxygen atoms in total. The highest BCUT2D eigenvalue weighted by Gasteiger charge is 2.74. The van der Waals surface area contributed by atoms with Gasteiger partial charge in [-0.05, 0) is 74.3 Å². The van der Waals surface area contributed by atoms with Crippen molar-refractivity contribution in [2.24, 2.45) is 11.8 Å². The van der Waals surface area contributed by atoms with Crippen molar-refractivity contribution in [1.82, 2.24) is 4.90 Å². The summed E-state index contributed by atoms with van der Waals surface area (Å²) in [6.45, 7) is -0.109. The number of carbonyl (C=O) groups is 2. The van der Waals surface area contributed by atoms with E-state index in [-0.39, 0.29) is 77.6 Å². The lowest BCUT2D eigenvalue weighted by molar-refractivity contribution is -0.348. The monoisotopic (exact) mass is 703 g/mol. The molecule has 2 unspecified atom stereocenters. The summed E-state index contributed by atoms with van der Waals surface area (Å²) in [4.78, 5) is 26.2. The van der Waals surface area contributed by atoms with E-state index in [9.17, 15) is 49.5 Å². The smallest absolute Gasteiger partial charge is 0.435 e. The number of rotatable bonds is 5. The maximum Gasteiger partial charge on any atom is 0.435 e. The average molecular weight is 704 g/mol. The molecule has 2 atom stereocenters. The van der Waals surface area contributed by atoms with Crippen LogP contribution in [0.5, 0.6) is 0 Å². The quantitative estimate of drug-likeness (QED) is 0.328. The van der Waals surface area contributed by atoms with Crippen LogP contribution in [0.1, 0.15) is 55.2 Å². The highest BCUT2D eigenvalue weighted by Crippen LogP contribution is 2.57. The number of carbonyl (C=O) groups excluding carboxylic acids is 1. The first-order valence-electron chi connectivity index (χ1n) is 14.0. The van der Waals surface area contributed by atoms with Gasteiger partial charge in [0.2, 0.25) is 5.91 Å². The van der Waals surface area contributed by atoms with E-state index in [1.54, 1.807) is 0 Å². The number of carboxylic acid groups (broad SMARTS) is 1. The number of likely N-dealkylation sites (tertiary alicyclic amines) is 1. The number of alkyl halides is 7. The Morgan fingerprint density at radius 3 is 2.00 bits per heavy atom. The normalized spacial score (nSPS) is 25.9. The van der Waals surface area contributed by atoms with Gasteiger partial charge in [0.15, 0.2) is 9.84 Å². The fourth-order valence-electron chi connectivity index (χ4n) is 7.17. The van der Waals surface area contributed by atoms with Crippen molar-refractivity contribution < 1.29 is 53.8 Å². The minimum atomic E-state index is -6.36. The number of aliphatic carboxylic acids is 1. The number of halogens is 9. The average Bonchev–Trinajstić information content (AvgIpc) is 3.38. The SMILES string of the molecule is O=C(O)C1CCC(C(=O)N2CCC3(S(=O)(=O)c4ccc(Cl)c(Cl)c4)c4ccc(C(F)(C(F)(F)F)C(F)(F)F)cc4CCC23)CC1. The van der Waals surface area contributed by atoms with Crippen LogP contribution in [0.15, 0.2) is 41.3 Å². The molecule has 1 saturated carbocycles. The minimum Gasteiger partial charge on any atom is -0.481 e. The Bertz CT molecular complexity index is 1630. The molecule has 1 amide bonds. The molecule has 2 aromatic carbocycles. The third-order valence-corrected chi connectivity index (χ3v) is 12.7. The number of fused-ring (bicyclic) bond motifs is 3. The molecule has 2 aromatic rings. The van der Waals surface area contributed by atoms with Crippen molar-refractivity contribution >= 4 is 44.9 Å². The zero-order chi connectivity index (χ0) is 33.3. The summed E-state index contributed by atoms with van der Waals surface area (Å²) in [6.07, 6.45) is -12.4. The molecule has 1 saturated heterocycles. The van der Waals surface area contributed by atoms with Gasteiger partial charge in [0.1, 0.15) is 4.75 Å². The van der Waals surface area contributed by atoms with Crippen LogP contribution >= 0.6 is 23.2 Å². The topological polar surface area (TPSA) is 91.8 Å². The highest BCUT2D eigenvalue weighted by molar-refractivity contribution is 7.92. The molecule has 1 aliphatic heterocycles. The lowest BCUT2D eigenvalue weighted by atomic mass is 9.76. The van der Waals surface area contributed by atoms with Crippen molar-refractivity contribution in [1.29, 1.82) is 0 Å². The van der Waals surface area contributed by atoms with Crippen LogP contribution in [0.3, 0.4) is 0 Å². The van der Waals surface area contributed by atoms with Crippen molar-refractivity contribution in [3.8, 4) is 0 Å². The Hall–Kier alpha value is -2.58. The Morgan fingerprint density at radius 1 is 0.844 bits per heavy atom. The van der Waals surface area contributed by atoms with Gasteiger partial charge in [-0.25, -0.2) is 12.8 Å².